The van der Waals surface area contributed by atoms with E-state index >= 15 is 0 Å². The van der Waals surface area contributed by atoms with Gasteiger partial charge in [-0.05, 0) is 23.8 Å². The molecule has 1 aromatic rings. The van der Waals surface area contributed by atoms with Crippen LogP contribution in [0.25, 0.3) is 0 Å². The van der Waals surface area contributed by atoms with Crippen LogP contribution in [-0.4, -0.2) is 23.0 Å². The molecule has 0 saturated heterocycles. The molecule has 0 aliphatic rings. The monoisotopic (exact) mass is 259 g/mol. The molecule has 0 spiro atoms. The van der Waals surface area contributed by atoms with E-state index in [1.54, 1.807) is 0 Å². The van der Waals surface area contributed by atoms with Crippen LogP contribution in [0.3, 0.4) is 0 Å². The Balaban J connectivity index is 2.85. The van der Waals surface area contributed by atoms with Gasteiger partial charge in [-0.25, -0.2) is 9.18 Å². The molecule has 2 N–H and O–H groups in total. The van der Waals surface area contributed by atoms with Crippen LogP contribution in [0.5, 0.6) is 0 Å². The molecule has 0 bridgehead atoms. The summed E-state index contributed by atoms with van der Waals surface area (Å²) in [6.07, 6.45) is -0.0214. The number of nitrogens with one attached hydrogen (secondary N) is 1. The number of carboxylic acids is 1. The van der Waals surface area contributed by atoms with Crippen molar-refractivity contribution in [2.45, 2.75) is 19.4 Å². The second-order valence-corrected chi connectivity index (χ2v) is 4.01. The minimum Gasteiger partial charge on any atom is -0.480 e. The van der Waals surface area contributed by atoms with Crippen LogP contribution in [0.1, 0.15) is 12.5 Å². The third kappa shape index (κ3) is 4.40. The van der Waals surface area contributed by atoms with Gasteiger partial charge in [0.05, 0.1) is 0 Å². The molecule has 0 fully saturated rings. The predicted molar refractivity (Wildman–Crippen MR) is 60.4 cm³/mol. The molecule has 0 saturated carbocycles. The van der Waals surface area contributed by atoms with Crippen LogP contribution in [0.4, 0.5) is 4.39 Å². The highest BCUT2D eigenvalue weighted by Gasteiger charge is 2.19. The topological polar surface area (TPSA) is 66.4 Å². The molecule has 92 valence electrons. The van der Waals surface area contributed by atoms with E-state index in [0.717, 1.165) is 6.07 Å². The quantitative estimate of drug-likeness (QED) is 0.863. The van der Waals surface area contributed by atoms with Gasteiger partial charge in [-0.1, -0.05) is 11.6 Å². The zero-order valence-electron chi connectivity index (χ0n) is 9.04. The third-order valence-corrected chi connectivity index (χ3v) is 2.26. The lowest BCUT2D eigenvalue weighted by Crippen LogP contribution is -2.41. The molecule has 0 heterocycles. The number of halogens is 2. The molecular weight excluding hydrogens is 249 g/mol. The van der Waals surface area contributed by atoms with Gasteiger partial charge in [-0.3, -0.25) is 4.79 Å². The summed E-state index contributed by atoms with van der Waals surface area (Å²) in [6.45, 7) is 1.22. The van der Waals surface area contributed by atoms with Crippen LogP contribution in [0, 0.1) is 5.82 Å². The molecule has 17 heavy (non-hydrogen) atoms. The molecule has 1 aromatic carbocycles. The SMILES string of the molecule is CC(=O)NC(Cc1cc(F)cc(Cl)c1)C(=O)O. The second-order valence-electron chi connectivity index (χ2n) is 3.57. The first-order chi connectivity index (χ1) is 7.88. The number of amides is 1. The predicted octanol–water partition coefficient (Wildman–Crippen LogP) is 1.61. The van der Waals surface area contributed by atoms with E-state index in [9.17, 15) is 14.0 Å². The molecule has 1 amide bonds. The summed E-state index contributed by atoms with van der Waals surface area (Å²) in [6, 6.07) is 2.68. The van der Waals surface area contributed by atoms with Crippen LogP contribution in [-0.2, 0) is 16.0 Å². The second kappa shape index (κ2) is 5.63. The van der Waals surface area contributed by atoms with Crippen LogP contribution < -0.4 is 5.32 Å². The number of carbonyl (C=O) groups is 2. The van der Waals surface area contributed by atoms with Gasteiger partial charge in [0.1, 0.15) is 11.9 Å². The lowest BCUT2D eigenvalue weighted by atomic mass is 10.1. The number of carboxylic acid groups (broad SMARTS) is 1. The molecule has 0 aliphatic carbocycles. The van der Waals surface area contributed by atoms with Crippen molar-refractivity contribution in [1.29, 1.82) is 0 Å². The first kappa shape index (κ1) is 13.4. The minimum absolute atomic E-state index is 0.0214. The highest BCUT2D eigenvalue weighted by atomic mass is 35.5. The number of hydrogen-bond acceptors (Lipinski definition) is 2. The van der Waals surface area contributed by atoms with Gasteiger partial charge >= 0.3 is 5.97 Å². The Hall–Kier alpha value is -1.62. The molecule has 0 aromatic heterocycles. The molecule has 4 nitrogen and oxygen atoms in total. The summed E-state index contributed by atoms with van der Waals surface area (Å²) in [5.41, 5.74) is 0.413. The number of carbonyl (C=O) groups excluding carboxylic acids is 1. The zero-order chi connectivity index (χ0) is 13.0. The third-order valence-electron chi connectivity index (χ3n) is 2.04. The summed E-state index contributed by atoms with van der Waals surface area (Å²) in [5.74, 6) is -2.18. The Morgan fingerprint density at radius 3 is 2.59 bits per heavy atom. The van der Waals surface area contributed by atoms with Gasteiger partial charge in [0.15, 0.2) is 0 Å². The van der Waals surface area contributed by atoms with Gasteiger partial charge in [-0.2, -0.15) is 0 Å². The maximum absolute atomic E-state index is 13.0. The van der Waals surface area contributed by atoms with E-state index in [4.69, 9.17) is 16.7 Å². The van der Waals surface area contributed by atoms with E-state index in [2.05, 4.69) is 5.32 Å². The van der Waals surface area contributed by atoms with Crippen LogP contribution >= 0.6 is 11.6 Å². The highest BCUT2D eigenvalue weighted by Crippen LogP contribution is 2.15. The number of aliphatic carboxylic acids is 1. The van der Waals surface area contributed by atoms with Crippen molar-refractivity contribution in [1.82, 2.24) is 5.32 Å². The Bertz CT molecular complexity index is 430. The lowest BCUT2D eigenvalue weighted by molar-refractivity contribution is -0.141. The summed E-state index contributed by atoms with van der Waals surface area (Å²) >= 11 is 5.64. The Kier molecular flexibility index (Phi) is 4.45. The largest absolute Gasteiger partial charge is 0.480 e. The van der Waals surface area contributed by atoms with Gasteiger partial charge < -0.3 is 10.4 Å². The average molecular weight is 260 g/mol. The van der Waals surface area contributed by atoms with E-state index in [-0.39, 0.29) is 11.4 Å². The molecule has 1 atom stereocenters. The smallest absolute Gasteiger partial charge is 0.326 e. The highest BCUT2D eigenvalue weighted by molar-refractivity contribution is 6.30. The van der Waals surface area contributed by atoms with Crippen molar-refractivity contribution in [3.05, 3.63) is 34.6 Å². The van der Waals surface area contributed by atoms with Crippen LogP contribution in [0.2, 0.25) is 5.02 Å². The summed E-state index contributed by atoms with van der Waals surface area (Å²) in [4.78, 5) is 21.7. The molecule has 6 heteroatoms. The summed E-state index contributed by atoms with van der Waals surface area (Å²) in [7, 11) is 0. The van der Waals surface area contributed by atoms with Crippen LogP contribution in [0.15, 0.2) is 18.2 Å². The van der Waals surface area contributed by atoms with Crippen molar-refractivity contribution in [2.24, 2.45) is 0 Å². The molecule has 0 aliphatic heterocycles. The molecule has 1 unspecified atom stereocenters. The van der Waals surface area contributed by atoms with Gasteiger partial charge in [0, 0.05) is 18.4 Å². The summed E-state index contributed by atoms with van der Waals surface area (Å²) < 4.78 is 13.0. The molecule has 1 rings (SSSR count). The Morgan fingerprint density at radius 1 is 1.47 bits per heavy atom. The first-order valence-corrected chi connectivity index (χ1v) is 5.21. The van der Waals surface area contributed by atoms with E-state index < -0.39 is 23.7 Å². The first-order valence-electron chi connectivity index (χ1n) is 4.83. The zero-order valence-corrected chi connectivity index (χ0v) is 9.79. The van der Waals surface area contributed by atoms with E-state index in [0.29, 0.717) is 5.56 Å². The van der Waals surface area contributed by atoms with Crippen molar-refractivity contribution in [2.75, 3.05) is 0 Å². The maximum Gasteiger partial charge on any atom is 0.326 e. The van der Waals surface area contributed by atoms with E-state index in [1.807, 2.05) is 0 Å². The van der Waals surface area contributed by atoms with E-state index in [1.165, 1.54) is 19.1 Å². The minimum atomic E-state index is -1.18. The van der Waals surface area contributed by atoms with Crippen molar-refractivity contribution in [3.8, 4) is 0 Å². The number of hydrogen-bond donors (Lipinski definition) is 2. The van der Waals surface area contributed by atoms with Crippen molar-refractivity contribution < 1.29 is 19.1 Å². The fourth-order valence-corrected chi connectivity index (χ4v) is 1.65. The van der Waals surface area contributed by atoms with Gasteiger partial charge in [0.2, 0.25) is 5.91 Å². The van der Waals surface area contributed by atoms with Gasteiger partial charge in [0.25, 0.3) is 0 Å². The van der Waals surface area contributed by atoms with Crippen molar-refractivity contribution >= 4 is 23.5 Å². The maximum atomic E-state index is 13.0. The Morgan fingerprint density at radius 2 is 2.12 bits per heavy atom. The fourth-order valence-electron chi connectivity index (χ4n) is 1.41. The normalized spacial score (nSPS) is 11.9. The average Bonchev–Trinajstić information content (AvgIpc) is 2.13. The number of benzene rings is 1. The fraction of sp³-hybridized carbons (Fsp3) is 0.273. The lowest BCUT2D eigenvalue weighted by Gasteiger charge is -2.13. The van der Waals surface area contributed by atoms with Crippen molar-refractivity contribution in [3.63, 3.8) is 0 Å². The number of rotatable bonds is 4. The molecular formula is C11H11ClFNO3. The molecule has 0 radical (unpaired) electrons. The summed E-state index contributed by atoms with van der Waals surface area (Å²) in [5, 5.41) is 11.3. The Labute approximate surface area is 102 Å². The van der Waals surface area contributed by atoms with Gasteiger partial charge in [-0.15, -0.1) is 0 Å². The standard InChI is InChI=1S/C11H11ClFNO3/c1-6(15)14-10(11(16)17)4-7-2-8(12)5-9(13)3-7/h2-3,5,10H,4H2,1H3,(H,14,15)(H,16,17).